The number of aromatic nitrogens is 2. The van der Waals surface area contributed by atoms with Crippen LogP contribution in [0.15, 0.2) is 12.5 Å². The van der Waals surface area contributed by atoms with Crippen LogP contribution >= 0.6 is 0 Å². The Balaban J connectivity index is 2.41. The zero-order valence-electron chi connectivity index (χ0n) is 9.32. The zero-order valence-corrected chi connectivity index (χ0v) is 9.32. The van der Waals surface area contributed by atoms with Crippen molar-refractivity contribution in [1.82, 2.24) is 14.5 Å². The normalized spacial score (nSPS) is 9.27. The third-order valence-electron chi connectivity index (χ3n) is 2.15. The SMILES string of the molecule is CC(=O)N(C)CC#CCn1cncc1C. The van der Waals surface area contributed by atoms with Crippen LogP contribution in [0.5, 0.6) is 0 Å². The molecule has 0 radical (unpaired) electrons. The van der Waals surface area contributed by atoms with Crippen molar-refractivity contribution in [3.8, 4) is 11.8 Å². The monoisotopic (exact) mass is 205 g/mol. The molecule has 1 heterocycles. The maximum Gasteiger partial charge on any atom is 0.219 e. The summed E-state index contributed by atoms with van der Waals surface area (Å²) in [5.74, 6) is 5.96. The summed E-state index contributed by atoms with van der Waals surface area (Å²) >= 11 is 0. The van der Waals surface area contributed by atoms with Crippen LogP contribution in [0.25, 0.3) is 0 Å². The number of imidazole rings is 1. The molecular formula is C11H15N3O. The molecule has 80 valence electrons. The average molecular weight is 205 g/mol. The van der Waals surface area contributed by atoms with Gasteiger partial charge in [-0.25, -0.2) is 4.98 Å². The number of hydrogen-bond acceptors (Lipinski definition) is 2. The van der Waals surface area contributed by atoms with Gasteiger partial charge in [0.05, 0.1) is 19.4 Å². The van der Waals surface area contributed by atoms with E-state index in [2.05, 4.69) is 16.8 Å². The molecule has 0 saturated carbocycles. The summed E-state index contributed by atoms with van der Waals surface area (Å²) < 4.78 is 1.96. The van der Waals surface area contributed by atoms with E-state index >= 15 is 0 Å². The largest absolute Gasteiger partial charge is 0.335 e. The molecule has 0 aliphatic rings. The number of carbonyl (C=O) groups excluding carboxylic acids is 1. The predicted octanol–water partition coefficient (Wildman–Crippen LogP) is 0.673. The number of aryl methyl sites for hydroxylation is 1. The Morgan fingerprint density at radius 2 is 2.33 bits per heavy atom. The molecule has 0 aromatic carbocycles. The molecule has 15 heavy (non-hydrogen) atoms. The molecule has 0 fully saturated rings. The fraction of sp³-hybridized carbons (Fsp3) is 0.455. The van der Waals surface area contributed by atoms with E-state index in [1.165, 1.54) is 6.92 Å². The van der Waals surface area contributed by atoms with Crippen molar-refractivity contribution in [3.05, 3.63) is 18.2 Å². The lowest BCUT2D eigenvalue weighted by molar-refractivity contribution is -0.126. The topological polar surface area (TPSA) is 38.1 Å². The second-order valence-corrected chi connectivity index (χ2v) is 3.39. The van der Waals surface area contributed by atoms with Gasteiger partial charge in [-0.1, -0.05) is 11.8 Å². The smallest absolute Gasteiger partial charge is 0.219 e. The highest BCUT2D eigenvalue weighted by atomic mass is 16.2. The van der Waals surface area contributed by atoms with Crippen molar-refractivity contribution >= 4 is 5.91 Å². The first-order chi connectivity index (χ1) is 7.11. The molecule has 1 aromatic heterocycles. The molecule has 0 saturated heterocycles. The van der Waals surface area contributed by atoms with Crippen LogP contribution < -0.4 is 0 Å². The predicted molar refractivity (Wildman–Crippen MR) is 58.1 cm³/mol. The second-order valence-electron chi connectivity index (χ2n) is 3.39. The van der Waals surface area contributed by atoms with Gasteiger partial charge in [-0.05, 0) is 6.92 Å². The van der Waals surface area contributed by atoms with E-state index in [0.29, 0.717) is 13.1 Å². The van der Waals surface area contributed by atoms with E-state index < -0.39 is 0 Å². The summed E-state index contributed by atoms with van der Waals surface area (Å²) in [6.07, 6.45) is 3.54. The molecule has 0 aliphatic heterocycles. The van der Waals surface area contributed by atoms with Crippen molar-refractivity contribution in [1.29, 1.82) is 0 Å². The van der Waals surface area contributed by atoms with Crippen molar-refractivity contribution in [2.24, 2.45) is 0 Å². The minimum atomic E-state index is 0.0307. The summed E-state index contributed by atoms with van der Waals surface area (Å²) in [6.45, 7) is 4.61. The van der Waals surface area contributed by atoms with Crippen molar-refractivity contribution in [2.45, 2.75) is 20.4 Å². The first-order valence-electron chi connectivity index (χ1n) is 4.75. The highest BCUT2D eigenvalue weighted by Gasteiger charge is 1.97. The molecule has 0 spiro atoms. The van der Waals surface area contributed by atoms with Gasteiger partial charge in [-0.2, -0.15) is 0 Å². The fourth-order valence-electron chi connectivity index (χ4n) is 0.979. The van der Waals surface area contributed by atoms with Crippen LogP contribution in [-0.4, -0.2) is 34.0 Å². The molecule has 4 heteroatoms. The van der Waals surface area contributed by atoms with Crippen LogP contribution in [0.3, 0.4) is 0 Å². The fourth-order valence-corrected chi connectivity index (χ4v) is 0.979. The van der Waals surface area contributed by atoms with Crippen LogP contribution in [0.1, 0.15) is 12.6 Å². The Hall–Kier alpha value is -1.76. The van der Waals surface area contributed by atoms with Crippen LogP contribution in [0.2, 0.25) is 0 Å². The maximum atomic E-state index is 10.9. The Morgan fingerprint density at radius 3 is 2.87 bits per heavy atom. The molecule has 1 amide bonds. The van der Waals surface area contributed by atoms with Gasteiger partial charge in [-0.3, -0.25) is 4.79 Å². The molecule has 0 bridgehead atoms. The van der Waals surface area contributed by atoms with E-state index in [9.17, 15) is 4.79 Å². The summed E-state index contributed by atoms with van der Waals surface area (Å²) in [4.78, 5) is 16.4. The molecule has 1 rings (SSSR count). The zero-order chi connectivity index (χ0) is 11.3. The molecule has 4 nitrogen and oxygen atoms in total. The number of nitrogens with zero attached hydrogens (tertiary/aromatic N) is 3. The van der Waals surface area contributed by atoms with Gasteiger partial charge in [0.25, 0.3) is 0 Å². The van der Waals surface area contributed by atoms with Gasteiger partial charge in [0.2, 0.25) is 5.91 Å². The first kappa shape index (κ1) is 11.3. The number of hydrogen-bond donors (Lipinski definition) is 0. The van der Waals surface area contributed by atoms with E-state index in [0.717, 1.165) is 5.69 Å². The summed E-state index contributed by atoms with van der Waals surface area (Å²) in [6, 6.07) is 0. The Bertz CT molecular complexity index is 397. The quantitative estimate of drug-likeness (QED) is 0.666. The van der Waals surface area contributed by atoms with Gasteiger partial charge in [0.15, 0.2) is 0 Å². The minimum Gasteiger partial charge on any atom is -0.335 e. The Labute approximate surface area is 89.9 Å². The molecule has 0 aliphatic carbocycles. The van der Waals surface area contributed by atoms with E-state index in [1.54, 1.807) is 24.5 Å². The van der Waals surface area contributed by atoms with Crippen LogP contribution in [0.4, 0.5) is 0 Å². The number of amides is 1. The Kier molecular flexibility index (Phi) is 3.92. The number of carbonyl (C=O) groups is 1. The van der Waals surface area contributed by atoms with Gasteiger partial charge >= 0.3 is 0 Å². The van der Waals surface area contributed by atoms with Gasteiger partial charge in [0.1, 0.15) is 0 Å². The van der Waals surface area contributed by atoms with E-state index in [4.69, 9.17) is 0 Å². The van der Waals surface area contributed by atoms with Crippen LogP contribution in [0, 0.1) is 18.8 Å². The third kappa shape index (κ3) is 3.47. The third-order valence-corrected chi connectivity index (χ3v) is 2.15. The summed E-state index contributed by atoms with van der Waals surface area (Å²) in [7, 11) is 1.74. The average Bonchev–Trinajstić information content (AvgIpc) is 2.58. The highest BCUT2D eigenvalue weighted by Crippen LogP contribution is 1.94. The molecule has 1 aromatic rings. The second kappa shape index (κ2) is 5.20. The highest BCUT2D eigenvalue weighted by molar-refractivity contribution is 5.73. The van der Waals surface area contributed by atoms with Gasteiger partial charge in [0, 0.05) is 25.9 Å². The lowest BCUT2D eigenvalue weighted by Gasteiger charge is -2.09. The van der Waals surface area contributed by atoms with Crippen molar-refractivity contribution in [3.63, 3.8) is 0 Å². The molecule has 0 atom stereocenters. The first-order valence-corrected chi connectivity index (χ1v) is 4.75. The van der Waals surface area contributed by atoms with Crippen LogP contribution in [-0.2, 0) is 11.3 Å². The Morgan fingerprint density at radius 1 is 1.60 bits per heavy atom. The maximum absolute atomic E-state index is 10.9. The molecular weight excluding hydrogens is 190 g/mol. The summed E-state index contributed by atoms with van der Waals surface area (Å²) in [5, 5.41) is 0. The van der Waals surface area contributed by atoms with Gasteiger partial charge in [-0.15, -0.1) is 0 Å². The van der Waals surface area contributed by atoms with Gasteiger partial charge < -0.3 is 9.47 Å². The standard InChI is InChI=1S/C11H15N3O/c1-10-8-12-9-14(10)7-5-4-6-13(3)11(2)15/h8-9H,6-7H2,1-3H3. The van der Waals surface area contributed by atoms with Crippen molar-refractivity contribution in [2.75, 3.05) is 13.6 Å². The number of rotatable bonds is 2. The minimum absolute atomic E-state index is 0.0307. The lowest BCUT2D eigenvalue weighted by Crippen LogP contribution is -2.23. The molecule has 0 N–H and O–H groups in total. The van der Waals surface area contributed by atoms with Crippen molar-refractivity contribution < 1.29 is 4.79 Å². The van der Waals surface area contributed by atoms with E-state index in [1.807, 2.05) is 11.5 Å². The summed E-state index contributed by atoms with van der Waals surface area (Å²) in [5.41, 5.74) is 1.09. The lowest BCUT2D eigenvalue weighted by atomic mass is 10.4. The molecule has 0 unspecified atom stereocenters. The van der Waals surface area contributed by atoms with E-state index in [-0.39, 0.29) is 5.91 Å².